The SMILES string of the molecule is COc1ccc(NC(=O)Nc2ccc(C[C@@H](CO)NC[C@H](O)COc3ccccc3)cc2)cc1. The number of methoxy groups -OCH3 is 1. The standard InChI is InChI=1S/C26H31N3O5/c1-33-24-13-11-21(12-14-24)29-26(32)28-20-9-7-19(8-10-20)15-22(17-30)27-16-23(31)18-34-25-5-3-2-4-6-25/h2-14,22-23,27,30-31H,15-18H2,1H3,(H2,28,29,32)/t22-,23-/m0/s1. The molecule has 0 aliphatic carbocycles. The van der Waals surface area contributed by atoms with E-state index >= 15 is 0 Å². The van der Waals surface area contributed by atoms with E-state index in [1.54, 1.807) is 43.5 Å². The Hall–Kier alpha value is -3.59. The van der Waals surface area contributed by atoms with E-state index in [0.717, 1.165) is 5.56 Å². The molecule has 0 fully saturated rings. The first-order valence-electron chi connectivity index (χ1n) is 11.1. The van der Waals surface area contributed by atoms with Gasteiger partial charge in [0.1, 0.15) is 24.2 Å². The molecular weight excluding hydrogens is 434 g/mol. The molecule has 0 aliphatic rings. The minimum absolute atomic E-state index is 0.0729. The number of nitrogens with one attached hydrogen (secondary N) is 3. The van der Waals surface area contributed by atoms with E-state index in [4.69, 9.17) is 9.47 Å². The molecular formula is C26H31N3O5. The van der Waals surface area contributed by atoms with Gasteiger partial charge in [-0.15, -0.1) is 0 Å². The highest BCUT2D eigenvalue weighted by molar-refractivity contribution is 5.99. The van der Waals surface area contributed by atoms with Gasteiger partial charge in [-0.25, -0.2) is 4.79 Å². The smallest absolute Gasteiger partial charge is 0.323 e. The van der Waals surface area contributed by atoms with Crippen LogP contribution in [0.2, 0.25) is 0 Å². The van der Waals surface area contributed by atoms with Crippen LogP contribution in [0.15, 0.2) is 78.9 Å². The third-order valence-electron chi connectivity index (χ3n) is 5.09. The quantitative estimate of drug-likeness (QED) is 0.281. The fourth-order valence-electron chi connectivity index (χ4n) is 3.25. The fourth-order valence-corrected chi connectivity index (χ4v) is 3.25. The Kier molecular flexibility index (Phi) is 9.72. The Labute approximate surface area is 199 Å². The first-order chi connectivity index (χ1) is 16.6. The van der Waals surface area contributed by atoms with Crippen molar-refractivity contribution in [1.29, 1.82) is 0 Å². The van der Waals surface area contributed by atoms with Crippen LogP contribution in [-0.2, 0) is 6.42 Å². The molecule has 2 amide bonds. The molecule has 34 heavy (non-hydrogen) atoms. The van der Waals surface area contributed by atoms with Crippen LogP contribution in [0.1, 0.15) is 5.56 Å². The molecule has 0 saturated heterocycles. The van der Waals surface area contributed by atoms with E-state index in [9.17, 15) is 15.0 Å². The van der Waals surface area contributed by atoms with Crippen molar-refractivity contribution >= 4 is 17.4 Å². The van der Waals surface area contributed by atoms with Gasteiger partial charge in [-0.05, 0) is 60.5 Å². The molecule has 3 rings (SSSR count). The molecule has 8 heteroatoms. The maximum Gasteiger partial charge on any atom is 0.323 e. The van der Waals surface area contributed by atoms with Crippen molar-refractivity contribution in [1.82, 2.24) is 5.32 Å². The first kappa shape index (κ1) is 25.0. The minimum atomic E-state index is -0.704. The van der Waals surface area contributed by atoms with Crippen LogP contribution < -0.4 is 25.4 Å². The van der Waals surface area contributed by atoms with Gasteiger partial charge in [0.15, 0.2) is 0 Å². The third kappa shape index (κ3) is 8.40. The monoisotopic (exact) mass is 465 g/mol. The minimum Gasteiger partial charge on any atom is -0.497 e. The van der Waals surface area contributed by atoms with Gasteiger partial charge in [0.2, 0.25) is 0 Å². The maximum atomic E-state index is 12.2. The van der Waals surface area contributed by atoms with Crippen LogP contribution in [0.4, 0.5) is 16.2 Å². The fraction of sp³-hybridized carbons (Fsp3) is 0.269. The van der Waals surface area contributed by atoms with Gasteiger partial charge in [0.25, 0.3) is 0 Å². The lowest BCUT2D eigenvalue weighted by Crippen LogP contribution is -2.41. The summed E-state index contributed by atoms with van der Waals surface area (Å²) in [7, 11) is 1.59. The first-order valence-corrected chi connectivity index (χ1v) is 11.1. The van der Waals surface area contributed by atoms with Crippen molar-refractivity contribution in [3.8, 4) is 11.5 Å². The summed E-state index contributed by atoms with van der Waals surface area (Å²) in [5.41, 5.74) is 2.29. The zero-order chi connectivity index (χ0) is 24.2. The van der Waals surface area contributed by atoms with Gasteiger partial charge in [-0.1, -0.05) is 30.3 Å². The van der Waals surface area contributed by atoms with Gasteiger partial charge >= 0.3 is 6.03 Å². The predicted molar refractivity (Wildman–Crippen MR) is 133 cm³/mol. The van der Waals surface area contributed by atoms with E-state index in [1.807, 2.05) is 42.5 Å². The number of anilines is 2. The lowest BCUT2D eigenvalue weighted by atomic mass is 10.1. The van der Waals surface area contributed by atoms with Crippen molar-refractivity contribution < 1.29 is 24.5 Å². The van der Waals surface area contributed by atoms with E-state index in [2.05, 4.69) is 16.0 Å². The molecule has 0 unspecified atom stereocenters. The topological polar surface area (TPSA) is 112 Å². The zero-order valence-electron chi connectivity index (χ0n) is 19.1. The molecule has 0 aliphatic heterocycles. The van der Waals surface area contributed by atoms with Crippen LogP contribution in [0, 0.1) is 0 Å². The lowest BCUT2D eigenvalue weighted by Gasteiger charge is -2.19. The number of urea groups is 1. The summed E-state index contributed by atoms with van der Waals surface area (Å²) in [4.78, 5) is 12.2. The van der Waals surface area contributed by atoms with E-state index in [1.165, 1.54) is 0 Å². The maximum absolute atomic E-state index is 12.2. The number of aliphatic hydroxyl groups is 2. The molecule has 8 nitrogen and oxygen atoms in total. The number of carbonyl (C=O) groups is 1. The Morgan fingerprint density at radius 2 is 1.50 bits per heavy atom. The Balaban J connectivity index is 1.41. The molecule has 3 aromatic carbocycles. The van der Waals surface area contributed by atoms with Crippen LogP contribution in [-0.4, -0.2) is 55.3 Å². The number of hydrogen-bond acceptors (Lipinski definition) is 6. The second-order valence-corrected chi connectivity index (χ2v) is 7.77. The number of para-hydroxylation sites is 1. The summed E-state index contributed by atoms with van der Waals surface area (Å²) < 4.78 is 10.7. The Bertz CT molecular complexity index is 997. The lowest BCUT2D eigenvalue weighted by molar-refractivity contribution is 0.0997. The summed E-state index contributed by atoms with van der Waals surface area (Å²) in [6.45, 7) is 0.383. The summed E-state index contributed by atoms with van der Waals surface area (Å²) in [6, 6.07) is 23.2. The van der Waals surface area contributed by atoms with E-state index in [0.29, 0.717) is 35.8 Å². The van der Waals surface area contributed by atoms with Gasteiger partial charge < -0.3 is 35.6 Å². The number of aliphatic hydroxyl groups excluding tert-OH is 2. The summed E-state index contributed by atoms with van der Waals surface area (Å²) in [5, 5.41) is 28.6. The van der Waals surface area contributed by atoms with Crippen molar-refractivity contribution in [2.24, 2.45) is 0 Å². The summed E-state index contributed by atoms with van der Waals surface area (Å²) in [6.07, 6.45) is -0.133. The number of benzene rings is 3. The molecule has 180 valence electrons. The molecule has 0 radical (unpaired) electrons. The van der Waals surface area contributed by atoms with Crippen molar-refractivity contribution in [3.05, 3.63) is 84.4 Å². The molecule has 0 bridgehead atoms. The van der Waals surface area contributed by atoms with Crippen molar-refractivity contribution in [2.45, 2.75) is 18.6 Å². The highest BCUT2D eigenvalue weighted by Gasteiger charge is 2.12. The molecule has 0 heterocycles. The normalized spacial score (nSPS) is 12.4. The van der Waals surface area contributed by atoms with Crippen LogP contribution in [0.25, 0.3) is 0 Å². The molecule has 0 aromatic heterocycles. The Morgan fingerprint density at radius 3 is 2.09 bits per heavy atom. The zero-order valence-corrected chi connectivity index (χ0v) is 19.1. The highest BCUT2D eigenvalue weighted by Crippen LogP contribution is 2.16. The van der Waals surface area contributed by atoms with Crippen LogP contribution in [0.5, 0.6) is 11.5 Å². The summed E-state index contributed by atoms with van der Waals surface area (Å²) in [5.74, 6) is 1.42. The van der Waals surface area contributed by atoms with Gasteiger partial charge in [0.05, 0.1) is 13.7 Å². The number of hydrogen-bond donors (Lipinski definition) is 5. The molecule has 5 N–H and O–H groups in total. The van der Waals surface area contributed by atoms with E-state index in [-0.39, 0.29) is 25.3 Å². The highest BCUT2D eigenvalue weighted by atomic mass is 16.5. The average molecular weight is 466 g/mol. The second kappa shape index (κ2) is 13.2. The summed E-state index contributed by atoms with van der Waals surface area (Å²) >= 11 is 0. The third-order valence-corrected chi connectivity index (χ3v) is 5.09. The van der Waals surface area contributed by atoms with Crippen molar-refractivity contribution in [3.63, 3.8) is 0 Å². The van der Waals surface area contributed by atoms with Crippen LogP contribution >= 0.6 is 0 Å². The number of ether oxygens (including phenoxy) is 2. The number of rotatable bonds is 12. The average Bonchev–Trinajstić information content (AvgIpc) is 2.87. The van der Waals surface area contributed by atoms with E-state index < -0.39 is 6.10 Å². The second-order valence-electron chi connectivity index (χ2n) is 7.77. The molecule has 2 atom stereocenters. The number of carbonyl (C=O) groups excluding carboxylic acids is 1. The van der Waals surface area contributed by atoms with Gasteiger partial charge in [0, 0.05) is 24.0 Å². The molecule has 0 saturated carbocycles. The molecule has 0 spiro atoms. The predicted octanol–water partition coefficient (Wildman–Crippen LogP) is 3.27. The number of amides is 2. The van der Waals surface area contributed by atoms with Crippen LogP contribution in [0.3, 0.4) is 0 Å². The Morgan fingerprint density at radius 1 is 0.882 bits per heavy atom. The van der Waals surface area contributed by atoms with Crippen molar-refractivity contribution in [2.75, 3.05) is 37.5 Å². The van der Waals surface area contributed by atoms with Gasteiger partial charge in [-0.3, -0.25) is 0 Å². The largest absolute Gasteiger partial charge is 0.497 e. The van der Waals surface area contributed by atoms with Gasteiger partial charge in [-0.2, -0.15) is 0 Å². The molecule has 3 aromatic rings.